The molecule has 4 N–H and O–H groups in total. The Morgan fingerprint density at radius 3 is 2.51 bits per heavy atom. The van der Waals surface area contributed by atoms with Crippen LogP contribution in [0.4, 0.5) is 26.1 Å². The minimum Gasteiger partial charge on any atom is -0.480 e. The Labute approximate surface area is 266 Å². The Bertz CT molecular complexity index is 2310. The summed E-state index contributed by atoms with van der Waals surface area (Å²) in [4.78, 5) is 25.7. The molecule has 47 heavy (non-hydrogen) atoms. The van der Waals surface area contributed by atoms with Crippen molar-refractivity contribution in [3.05, 3.63) is 113 Å². The lowest BCUT2D eigenvalue weighted by Gasteiger charge is -2.21. The average Bonchev–Trinajstić information content (AvgIpc) is 3.41. The van der Waals surface area contributed by atoms with Crippen molar-refractivity contribution in [3.63, 3.8) is 0 Å². The van der Waals surface area contributed by atoms with Gasteiger partial charge in [0.15, 0.2) is 5.82 Å². The number of anilines is 3. The molecule has 0 aliphatic heterocycles. The van der Waals surface area contributed by atoms with Crippen LogP contribution < -0.4 is 26.1 Å². The van der Waals surface area contributed by atoms with E-state index in [-0.39, 0.29) is 39.9 Å². The average molecular weight is 660 g/mol. The summed E-state index contributed by atoms with van der Waals surface area (Å²) in [6.07, 6.45) is 4.31. The predicted molar refractivity (Wildman–Crippen MR) is 171 cm³/mol. The van der Waals surface area contributed by atoms with E-state index < -0.39 is 32.6 Å². The molecule has 1 atom stereocenters. The van der Waals surface area contributed by atoms with Gasteiger partial charge in [-0.3, -0.25) is 14.1 Å². The zero-order valence-electron chi connectivity index (χ0n) is 25.1. The third-order valence-corrected chi connectivity index (χ3v) is 8.70. The highest BCUT2D eigenvalue weighted by Gasteiger charge is 2.25. The summed E-state index contributed by atoms with van der Waals surface area (Å²) < 4.78 is 64.6. The maximum absolute atomic E-state index is 14.4. The van der Waals surface area contributed by atoms with Crippen LogP contribution in [-0.2, 0) is 10.0 Å². The minimum absolute atomic E-state index is 0.0185. The van der Waals surface area contributed by atoms with Gasteiger partial charge in [0.25, 0.3) is 15.6 Å². The van der Waals surface area contributed by atoms with Gasteiger partial charge < -0.3 is 15.8 Å². The van der Waals surface area contributed by atoms with E-state index in [0.717, 1.165) is 17.7 Å². The first-order valence-electron chi connectivity index (χ1n) is 14.0. The topological polar surface area (TPSA) is 171 Å². The molecular weight excluding hydrogens is 632 g/mol. The molecule has 0 saturated carbocycles. The van der Waals surface area contributed by atoms with Crippen molar-refractivity contribution in [2.45, 2.75) is 24.8 Å². The summed E-state index contributed by atoms with van der Waals surface area (Å²) in [5.74, 6) is -1.76. The molecule has 0 saturated heterocycles. The number of aromatic nitrogens is 6. The van der Waals surface area contributed by atoms with Gasteiger partial charge in [0.1, 0.15) is 45.7 Å². The van der Waals surface area contributed by atoms with Crippen molar-refractivity contribution < 1.29 is 21.9 Å². The predicted octanol–water partition coefficient (Wildman–Crippen LogP) is 4.49. The Balaban J connectivity index is 1.42. The van der Waals surface area contributed by atoms with Crippen molar-refractivity contribution in [2.24, 2.45) is 0 Å². The summed E-state index contributed by atoms with van der Waals surface area (Å²) in [6, 6.07) is 13.7. The minimum atomic E-state index is -4.55. The number of benzene rings is 2. The standard InChI is InChI=1S/C31H27F2N9O4S/c1-17-11-12-41-26(17)31(43)42(21-7-5-4-6-8-21)29(39-41)18(2)38-28-25(27(34)36-16-37-28)19-13-23(30(46-3)35-15-19)40-47(44,45)24-10-9-20(32)14-22(24)33/h4-16,18,40H,1-3H3,(H3,34,36,37,38)/t18-/m0/s1. The van der Waals surface area contributed by atoms with Crippen LogP contribution in [0.3, 0.4) is 0 Å². The number of sulfonamides is 1. The highest BCUT2D eigenvalue weighted by atomic mass is 32.2. The third-order valence-electron chi connectivity index (χ3n) is 7.31. The van der Waals surface area contributed by atoms with Gasteiger partial charge in [0, 0.05) is 24.0 Å². The van der Waals surface area contributed by atoms with Gasteiger partial charge in [-0.25, -0.2) is 36.7 Å². The molecule has 0 bridgehead atoms. The number of nitrogens with zero attached hydrogens (tertiary/aromatic N) is 6. The van der Waals surface area contributed by atoms with Crippen molar-refractivity contribution >= 4 is 32.9 Å². The van der Waals surface area contributed by atoms with Gasteiger partial charge in [-0.15, -0.1) is 0 Å². The van der Waals surface area contributed by atoms with E-state index in [1.807, 2.05) is 25.1 Å². The Morgan fingerprint density at radius 1 is 1.02 bits per heavy atom. The summed E-state index contributed by atoms with van der Waals surface area (Å²) >= 11 is 0. The van der Waals surface area contributed by atoms with Crippen LogP contribution in [0, 0.1) is 18.6 Å². The highest BCUT2D eigenvalue weighted by molar-refractivity contribution is 7.92. The molecule has 4 heterocycles. The van der Waals surface area contributed by atoms with E-state index in [9.17, 15) is 22.0 Å². The number of nitrogens with one attached hydrogen (secondary N) is 2. The van der Waals surface area contributed by atoms with Gasteiger partial charge in [-0.1, -0.05) is 18.2 Å². The molecule has 0 amide bonds. The Hall–Kier alpha value is -5.90. The number of pyridine rings is 1. The first-order chi connectivity index (χ1) is 22.5. The van der Waals surface area contributed by atoms with E-state index in [1.165, 1.54) is 34.8 Å². The zero-order valence-corrected chi connectivity index (χ0v) is 26.0. The second-order valence-electron chi connectivity index (χ2n) is 10.4. The second-order valence-corrected chi connectivity index (χ2v) is 12.1. The first-order valence-corrected chi connectivity index (χ1v) is 15.5. The maximum Gasteiger partial charge on any atom is 0.282 e. The number of ether oxygens (including phenoxy) is 1. The fourth-order valence-corrected chi connectivity index (χ4v) is 6.23. The fraction of sp³-hybridized carbons (Fsp3) is 0.129. The van der Waals surface area contributed by atoms with Crippen molar-refractivity contribution in [1.82, 2.24) is 29.1 Å². The number of nitrogens with two attached hydrogens (primary N) is 1. The van der Waals surface area contributed by atoms with Gasteiger partial charge in [-0.2, -0.15) is 5.10 Å². The van der Waals surface area contributed by atoms with E-state index in [1.54, 1.807) is 31.3 Å². The summed E-state index contributed by atoms with van der Waals surface area (Å²) in [6.45, 7) is 3.62. The van der Waals surface area contributed by atoms with E-state index in [4.69, 9.17) is 15.6 Å². The number of fused-ring (bicyclic) bond motifs is 1. The van der Waals surface area contributed by atoms with Gasteiger partial charge in [0.05, 0.1) is 24.4 Å². The Kier molecular flexibility index (Phi) is 8.02. The molecule has 2 aromatic carbocycles. The quantitative estimate of drug-likeness (QED) is 0.201. The van der Waals surface area contributed by atoms with Crippen LogP contribution in [0.1, 0.15) is 24.4 Å². The Morgan fingerprint density at radius 2 is 1.79 bits per heavy atom. The molecule has 4 aromatic heterocycles. The van der Waals surface area contributed by atoms with Crippen LogP contribution in [0.5, 0.6) is 5.88 Å². The summed E-state index contributed by atoms with van der Waals surface area (Å²) in [5.41, 5.74) is 8.19. The molecule has 0 radical (unpaired) electrons. The van der Waals surface area contributed by atoms with E-state index in [0.29, 0.717) is 23.1 Å². The van der Waals surface area contributed by atoms with Crippen molar-refractivity contribution in [3.8, 4) is 22.7 Å². The monoisotopic (exact) mass is 659 g/mol. The summed E-state index contributed by atoms with van der Waals surface area (Å²) in [7, 11) is -3.28. The molecule has 0 unspecified atom stereocenters. The molecule has 13 nitrogen and oxygen atoms in total. The SMILES string of the molecule is COc1ncc(-c2c(N)ncnc2N[C@@H](C)c2nn3ccc(C)c3c(=O)n2-c2ccccc2)cc1NS(=O)(=O)c1ccc(F)cc1F. The fourth-order valence-electron chi connectivity index (χ4n) is 5.12. The van der Waals surface area contributed by atoms with Crippen molar-refractivity contribution in [2.75, 3.05) is 22.9 Å². The number of para-hydroxylation sites is 1. The highest BCUT2D eigenvalue weighted by Crippen LogP contribution is 2.36. The van der Waals surface area contributed by atoms with Gasteiger partial charge >= 0.3 is 0 Å². The largest absolute Gasteiger partial charge is 0.480 e. The molecule has 0 spiro atoms. The lowest BCUT2D eigenvalue weighted by Crippen LogP contribution is -2.29. The van der Waals surface area contributed by atoms with Gasteiger partial charge in [0.2, 0.25) is 5.88 Å². The molecule has 240 valence electrons. The number of halogens is 2. The van der Waals surface area contributed by atoms with Crippen LogP contribution >= 0.6 is 0 Å². The number of rotatable bonds is 9. The lowest BCUT2D eigenvalue weighted by molar-refractivity contribution is 0.400. The molecular formula is C31H27F2N9O4S. The van der Waals surface area contributed by atoms with Crippen LogP contribution in [-0.4, -0.2) is 44.7 Å². The van der Waals surface area contributed by atoms with Crippen LogP contribution in [0.2, 0.25) is 0 Å². The van der Waals surface area contributed by atoms with Crippen LogP contribution in [0.15, 0.2) is 89.1 Å². The molecule has 0 aliphatic rings. The second kappa shape index (κ2) is 12.1. The summed E-state index contributed by atoms with van der Waals surface area (Å²) in [5, 5.41) is 8.02. The number of nitrogen functional groups attached to an aromatic ring is 1. The molecule has 0 aliphatic carbocycles. The van der Waals surface area contributed by atoms with E-state index in [2.05, 4.69) is 25.0 Å². The lowest BCUT2D eigenvalue weighted by atomic mass is 10.1. The number of hydrogen-bond donors (Lipinski definition) is 3. The normalized spacial score (nSPS) is 12.2. The molecule has 6 rings (SSSR count). The number of hydrogen-bond acceptors (Lipinski definition) is 10. The molecule has 6 aromatic rings. The van der Waals surface area contributed by atoms with E-state index >= 15 is 0 Å². The van der Waals surface area contributed by atoms with Gasteiger partial charge in [-0.05, 0) is 55.8 Å². The smallest absolute Gasteiger partial charge is 0.282 e. The van der Waals surface area contributed by atoms with Crippen LogP contribution in [0.25, 0.3) is 22.3 Å². The maximum atomic E-state index is 14.4. The first kappa shape index (κ1) is 31.1. The number of aryl methyl sites for hydroxylation is 1. The zero-order chi connectivity index (χ0) is 33.5. The molecule has 0 fully saturated rings. The number of methoxy groups -OCH3 is 1. The molecule has 16 heteroatoms. The third kappa shape index (κ3) is 5.81. The van der Waals surface area contributed by atoms with Crippen molar-refractivity contribution in [1.29, 1.82) is 0 Å².